The van der Waals surface area contributed by atoms with Crippen LogP contribution in [0.4, 0.5) is 4.39 Å². The number of nitrogens with zero attached hydrogens (tertiary/aromatic N) is 1. The summed E-state index contributed by atoms with van der Waals surface area (Å²) in [4.78, 5) is 5.05. The van der Waals surface area contributed by atoms with E-state index in [0.717, 1.165) is 11.3 Å². The van der Waals surface area contributed by atoms with Gasteiger partial charge in [0.1, 0.15) is 11.9 Å². The van der Waals surface area contributed by atoms with Crippen LogP contribution in [0, 0.1) is 5.82 Å². The molecule has 0 saturated heterocycles. The maximum absolute atomic E-state index is 12.9. The third-order valence-electron chi connectivity index (χ3n) is 2.15. The first-order valence-corrected chi connectivity index (χ1v) is 4.48. The second kappa shape index (κ2) is 3.75. The van der Waals surface area contributed by atoms with Crippen molar-refractivity contribution in [3.8, 4) is 0 Å². The van der Waals surface area contributed by atoms with E-state index in [-0.39, 0.29) is 11.9 Å². The van der Waals surface area contributed by atoms with Gasteiger partial charge in [0.2, 0.25) is 0 Å². The van der Waals surface area contributed by atoms with Gasteiger partial charge in [-0.05, 0) is 12.1 Å². The van der Waals surface area contributed by atoms with Crippen LogP contribution in [0.1, 0.15) is 12.0 Å². The van der Waals surface area contributed by atoms with E-state index in [4.69, 9.17) is 10.6 Å². The smallest absolute Gasteiger partial charge is 0.145 e. The monoisotopic (exact) mass is 194 g/mol. The SMILES string of the molecule is NCC1CC(c2cccc(F)c2)=NO1. The van der Waals surface area contributed by atoms with Crippen LogP contribution in [0.15, 0.2) is 29.4 Å². The Labute approximate surface area is 81.4 Å². The summed E-state index contributed by atoms with van der Waals surface area (Å²) in [5, 5.41) is 3.87. The Hall–Kier alpha value is -1.42. The quantitative estimate of drug-likeness (QED) is 0.770. The summed E-state index contributed by atoms with van der Waals surface area (Å²) in [6.07, 6.45) is 0.591. The molecule has 0 spiro atoms. The second-order valence-corrected chi connectivity index (χ2v) is 3.22. The average Bonchev–Trinajstić information content (AvgIpc) is 2.66. The fourth-order valence-corrected chi connectivity index (χ4v) is 1.39. The molecule has 0 radical (unpaired) electrons. The average molecular weight is 194 g/mol. The number of hydrogen-bond donors (Lipinski definition) is 1. The van der Waals surface area contributed by atoms with Crippen LogP contribution in [-0.4, -0.2) is 18.4 Å². The highest BCUT2D eigenvalue weighted by Gasteiger charge is 2.20. The predicted molar refractivity (Wildman–Crippen MR) is 51.5 cm³/mol. The molecular weight excluding hydrogens is 183 g/mol. The molecule has 1 atom stereocenters. The van der Waals surface area contributed by atoms with Crippen molar-refractivity contribution in [1.29, 1.82) is 0 Å². The van der Waals surface area contributed by atoms with Crippen molar-refractivity contribution in [1.82, 2.24) is 0 Å². The summed E-state index contributed by atoms with van der Waals surface area (Å²) in [6.45, 7) is 0.433. The zero-order valence-corrected chi connectivity index (χ0v) is 7.61. The van der Waals surface area contributed by atoms with Crippen LogP contribution in [0.5, 0.6) is 0 Å². The minimum Gasteiger partial charge on any atom is -0.390 e. The molecule has 4 heteroatoms. The first-order valence-electron chi connectivity index (χ1n) is 4.48. The maximum Gasteiger partial charge on any atom is 0.145 e. The molecule has 14 heavy (non-hydrogen) atoms. The molecule has 1 aliphatic heterocycles. The third kappa shape index (κ3) is 1.75. The van der Waals surface area contributed by atoms with Crippen LogP contribution < -0.4 is 5.73 Å². The Kier molecular flexibility index (Phi) is 2.45. The highest BCUT2D eigenvalue weighted by Crippen LogP contribution is 2.16. The number of benzene rings is 1. The summed E-state index contributed by atoms with van der Waals surface area (Å²) < 4.78 is 12.9. The molecule has 1 unspecified atom stereocenters. The summed E-state index contributed by atoms with van der Waals surface area (Å²) in [5.74, 6) is -0.263. The number of halogens is 1. The van der Waals surface area contributed by atoms with Gasteiger partial charge < -0.3 is 10.6 Å². The zero-order chi connectivity index (χ0) is 9.97. The van der Waals surface area contributed by atoms with E-state index in [1.807, 2.05) is 6.07 Å². The predicted octanol–water partition coefficient (Wildman–Crippen LogP) is 1.28. The Bertz CT molecular complexity index is 365. The van der Waals surface area contributed by atoms with Crippen LogP contribution >= 0.6 is 0 Å². The molecule has 1 aromatic rings. The molecular formula is C10H11FN2O. The van der Waals surface area contributed by atoms with Gasteiger partial charge in [0.15, 0.2) is 0 Å². The second-order valence-electron chi connectivity index (χ2n) is 3.22. The van der Waals surface area contributed by atoms with E-state index in [1.54, 1.807) is 6.07 Å². The van der Waals surface area contributed by atoms with E-state index in [9.17, 15) is 4.39 Å². The van der Waals surface area contributed by atoms with Crippen molar-refractivity contribution in [3.05, 3.63) is 35.6 Å². The van der Waals surface area contributed by atoms with Crippen molar-refractivity contribution in [2.45, 2.75) is 12.5 Å². The number of nitrogens with two attached hydrogens (primary N) is 1. The Morgan fingerprint density at radius 3 is 3.07 bits per heavy atom. The molecule has 1 aromatic carbocycles. The number of hydrogen-bond acceptors (Lipinski definition) is 3. The molecule has 0 aliphatic carbocycles. The topological polar surface area (TPSA) is 47.6 Å². The molecule has 0 bridgehead atoms. The van der Waals surface area contributed by atoms with Gasteiger partial charge in [-0.15, -0.1) is 0 Å². The Morgan fingerprint density at radius 2 is 2.43 bits per heavy atom. The lowest BCUT2D eigenvalue weighted by atomic mass is 10.1. The van der Waals surface area contributed by atoms with Crippen molar-refractivity contribution < 1.29 is 9.23 Å². The Balaban J connectivity index is 2.17. The van der Waals surface area contributed by atoms with Gasteiger partial charge in [-0.1, -0.05) is 17.3 Å². The van der Waals surface area contributed by atoms with E-state index in [2.05, 4.69) is 5.16 Å². The summed E-state index contributed by atoms with van der Waals surface area (Å²) in [6, 6.07) is 6.31. The highest BCUT2D eigenvalue weighted by atomic mass is 19.1. The van der Waals surface area contributed by atoms with Gasteiger partial charge >= 0.3 is 0 Å². The van der Waals surface area contributed by atoms with E-state index < -0.39 is 0 Å². The molecule has 0 fully saturated rings. The fourth-order valence-electron chi connectivity index (χ4n) is 1.39. The lowest BCUT2D eigenvalue weighted by molar-refractivity contribution is 0.0918. The molecule has 1 heterocycles. The van der Waals surface area contributed by atoms with E-state index in [1.165, 1.54) is 12.1 Å². The minimum absolute atomic E-state index is 0.0618. The molecule has 3 nitrogen and oxygen atoms in total. The first kappa shape index (κ1) is 9.15. The van der Waals surface area contributed by atoms with Crippen LogP contribution in [0.25, 0.3) is 0 Å². The first-order chi connectivity index (χ1) is 6.79. The summed E-state index contributed by atoms with van der Waals surface area (Å²) in [7, 11) is 0. The fraction of sp³-hybridized carbons (Fsp3) is 0.300. The standard InChI is InChI=1S/C10H11FN2O/c11-8-3-1-2-7(4-8)10-5-9(6-12)14-13-10/h1-4,9H,5-6,12H2. The van der Waals surface area contributed by atoms with Gasteiger partial charge in [-0.3, -0.25) is 0 Å². The number of rotatable bonds is 2. The van der Waals surface area contributed by atoms with Gasteiger partial charge in [0.25, 0.3) is 0 Å². The normalized spacial score (nSPS) is 20.4. The van der Waals surface area contributed by atoms with E-state index in [0.29, 0.717) is 13.0 Å². The largest absolute Gasteiger partial charge is 0.390 e. The molecule has 2 N–H and O–H groups in total. The molecule has 0 saturated carbocycles. The highest BCUT2D eigenvalue weighted by molar-refractivity contribution is 6.01. The van der Waals surface area contributed by atoms with Crippen molar-refractivity contribution in [2.75, 3.05) is 6.54 Å². The Morgan fingerprint density at radius 1 is 1.57 bits per heavy atom. The number of oxime groups is 1. The lowest BCUT2D eigenvalue weighted by Crippen LogP contribution is -2.20. The molecule has 74 valence electrons. The zero-order valence-electron chi connectivity index (χ0n) is 7.61. The van der Waals surface area contributed by atoms with Crippen molar-refractivity contribution >= 4 is 5.71 Å². The maximum atomic E-state index is 12.9. The van der Waals surface area contributed by atoms with Crippen molar-refractivity contribution in [2.24, 2.45) is 10.9 Å². The van der Waals surface area contributed by atoms with Crippen LogP contribution in [0.3, 0.4) is 0 Å². The lowest BCUT2D eigenvalue weighted by Gasteiger charge is -2.02. The van der Waals surface area contributed by atoms with Gasteiger partial charge in [-0.2, -0.15) is 0 Å². The summed E-state index contributed by atoms with van der Waals surface area (Å²) in [5.41, 5.74) is 6.96. The molecule has 0 amide bonds. The molecule has 2 rings (SSSR count). The minimum atomic E-state index is -0.263. The summed E-state index contributed by atoms with van der Waals surface area (Å²) >= 11 is 0. The van der Waals surface area contributed by atoms with Crippen LogP contribution in [0.2, 0.25) is 0 Å². The van der Waals surface area contributed by atoms with Gasteiger partial charge in [0, 0.05) is 18.5 Å². The molecule has 1 aliphatic rings. The van der Waals surface area contributed by atoms with Crippen LogP contribution in [-0.2, 0) is 4.84 Å². The molecule has 0 aromatic heterocycles. The van der Waals surface area contributed by atoms with Gasteiger partial charge in [-0.25, -0.2) is 4.39 Å². The third-order valence-corrected chi connectivity index (χ3v) is 2.15. The van der Waals surface area contributed by atoms with E-state index >= 15 is 0 Å². The van der Waals surface area contributed by atoms with Crippen molar-refractivity contribution in [3.63, 3.8) is 0 Å². The van der Waals surface area contributed by atoms with Gasteiger partial charge in [0.05, 0.1) is 5.71 Å².